The first-order valence-electron chi connectivity index (χ1n) is 11.5. The molecular weight excluding hydrogens is 504 g/mol. The zero-order valence-corrected chi connectivity index (χ0v) is 21.1. The molecule has 0 atom stereocenters. The van der Waals surface area contributed by atoms with Crippen LogP contribution in [-0.4, -0.2) is 33.5 Å². The van der Waals surface area contributed by atoms with Crippen LogP contribution in [-0.2, 0) is 14.8 Å². The number of benzene rings is 2. The van der Waals surface area contributed by atoms with Crippen molar-refractivity contribution in [3.05, 3.63) is 53.0 Å². The average Bonchev–Trinajstić information content (AvgIpc) is 2.76. The SMILES string of the molecule is CN(c1ccc(OCC(=O)NC23CC4CC(CC(C4)C2)C3)cc1)S(=O)(=O)c1ccc(Br)cc1. The Bertz CT molecular complexity index is 1100. The molecule has 33 heavy (non-hydrogen) atoms. The van der Waals surface area contributed by atoms with Crippen molar-refractivity contribution in [1.29, 1.82) is 0 Å². The number of rotatable bonds is 7. The van der Waals surface area contributed by atoms with Gasteiger partial charge in [0.2, 0.25) is 0 Å². The van der Waals surface area contributed by atoms with Gasteiger partial charge in [-0.2, -0.15) is 0 Å². The molecule has 6 rings (SSSR count). The molecule has 4 fully saturated rings. The van der Waals surface area contributed by atoms with Gasteiger partial charge < -0.3 is 10.1 Å². The zero-order valence-electron chi connectivity index (χ0n) is 18.7. The first-order chi connectivity index (χ1) is 15.7. The van der Waals surface area contributed by atoms with Crippen LogP contribution in [0.15, 0.2) is 57.9 Å². The van der Waals surface area contributed by atoms with Gasteiger partial charge in [-0.1, -0.05) is 15.9 Å². The lowest BCUT2D eigenvalue weighted by Crippen LogP contribution is -2.60. The Hall–Kier alpha value is -2.06. The van der Waals surface area contributed by atoms with Crippen LogP contribution in [0, 0.1) is 17.8 Å². The van der Waals surface area contributed by atoms with E-state index in [2.05, 4.69) is 21.2 Å². The summed E-state index contributed by atoms with van der Waals surface area (Å²) in [4.78, 5) is 12.9. The maximum absolute atomic E-state index is 12.9. The van der Waals surface area contributed by atoms with Crippen LogP contribution in [0.3, 0.4) is 0 Å². The van der Waals surface area contributed by atoms with Gasteiger partial charge in [-0.25, -0.2) is 8.42 Å². The third kappa shape index (κ3) is 4.64. The summed E-state index contributed by atoms with van der Waals surface area (Å²) in [5.74, 6) is 2.78. The molecule has 8 heteroatoms. The number of nitrogens with one attached hydrogen (secondary N) is 1. The number of hydrogen-bond acceptors (Lipinski definition) is 4. The monoisotopic (exact) mass is 532 g/mol. The van der Waals surface area contributed by atoms with E-state index in [0.717, 1.165) is 41.5 Å². The molecule has 2 aromatic rings. The molecule has 0 aliphatic heterocycles. The largest absolute Gasteiger partial charge is 0.484 e. The zero-order chi connectivity index (χ0) is 23.2. The molecule has 0 unspecified atom stereocenters. The fraction of sp³-hybridized carbons (Fsp3) is 0.480. The maximum Gasteiger partial charge on any atom is 0.264 e. The van der Waals surface area contributed by atoms with Crippen LogP contribution >= 0.6 is 15.9 Å². The Morgan fingerprint density at radius 1 is 1.00 bits per heavy atom. The minimum atomic E-state index is -3.67. The number of ether oxygens (including phenoxy) is 1. The van der Waals surface area contributed by atoms with Crippen molar-refractivity contribution < 1.29 is 17.9 Å². The molecule has 1 amide bonds. The summed E-state index contributed by atoms with van der Waals surface area (Å²) >= 11 is 3.32. The molecule has 0 heterocycles. The van der Waals surface area contributed by atoms with E-state index in [9.17, 15) is 13.2 Å². The van der Waals surface area contributed by atoms with Gasteiger partial charge in [0.15, 0.2) is 6.61 Å². The van der Waals surface area contributed by atoms with Crippen molar-refractivity contribution in [2.45, 2.75) is 49.0 Å². The van der Waals surface area contributed by atoms with E-state index in [0.29, 0.717) is 11.4 Å². The highest BCUT2D eigenvalue weighted by Gasteiger charge is 2.51. The molecule has 0 aromatic heterocycles. The number of anilines is 1. The van der Waals surface area contributed by atoms with Gasteiger partial charge >= 0.3 is 0 Å². The number of carbonyl (C=O) groups excluding carboxylic acids is 1. The topological polar surface area (TPSA) is 75.7 Å². The van der Waals surface area contributed by atoms with Crippen LogP contribution in [0.5, 0.6) is 5.75 Å². The number of carbonyl (C=O) groups is 1. The summed E-state index contributed by atoms with van der Waals surface area (Å²) in [5, 5.41) is 3.31. The highest BCUT2D eigenvalue weighted by atomic mass is 79.9. The number of hydrogen-bond donors (Lipinski definition) is 1. The Labute approximate surface area is 203 Å². The first-order valence-corrected chi connectivity index (χ1v) is 13.7. The Morgan fingerprint density at radius 2 is 1.55 bits per heavy atom. The quantitative estimate of drug-likeness (QED) is 0.558. The normalized spacial score (nSPS) is 27.9. The van der Waals surface area contributed by atoms with Crippen LogP contribution in [0.2, 0.25) is 0 Å². The van der Waals surface area contributed by atoms with Crippen LogP contribution in [0.25, 0.3) is 0 Å². The third-order valence-corrected chi connectivity index (χ3v) is 9.81. The molecule has 4 aliphatic rings. The fourth-order valence-corrected chi connectivity index (χ4v) is 7.86. The lowest BCUT2D eigenvalue weighted by molar-refractivity contribution is -0.128. The molecule has 4 saturated carbocycles. The highest BCUT2D eigenvalue weighted by molar-refractivity contribution is 9.10. The Morgan fingerprint density at radius 3 is 2.09 bits per heavy atom. The second kappa shape index (κ2) is 8.62. The lowest BCUT2D eigenvalue weighted by Gasteiger charge is -2.56. The van der Waals surface area contributed by atoms with E-state index in [-0.39, 0.29) is 22.9 Å². The average molecular weight is 533 g/mol. The van der Waals surface area contributed by atoms with Crippen molar-refractivity contribution >= 4 is 37.5 Å². The Balaban J connectivity index is 1.18. The summed E-state index contributed by atoms with van der Waals surface area (Å²) in [7, 11) is -2.15. The number of amides is 1. The van der Waals surface area contributed by atoms with Crippen molar-refractivity contribution in [3.8, 4) is 5.75 Å². The smallest absolute Gasteiger partial charge is 0.264 e. The number of halogens is 1. The van der Waals surface area contributed by atoms with E-state index in [4.69, 9.17) is 4.74 Å². The molecule has 2 aromatic carbocycles. The number of sulfonamides is 1. The van der Waals surface area contributed by atoms with E-state index < -0.39 is 10.0 Å². The highest BCUT2D eigenvalue weighted by Crippen LogP contribution is 2.55. The lowest BCUT2D eigenvalue weighted by atomic mass is 9.53. The minimum absolute atomic E-state index is 0.0247. The molecule has 6 nitrogen and oxygen atoms in total. The van der Waals surface area contributed by atoms with Crippen LogP contribution < -0.4 is 14.4 Å². The Kier molecular flexibility index (Phi) is 5.93. The van der Waals surface area contributed by atoms with Gasteiger partial charge in [0, 0.05) is 17.1 Å². The molecule has 0 spiro atoms. The van der Waals surface area contributed by atoms with Crippen molar-refractivity contribution in [2.24, 2.45) is 17.8 Å². The summed E-state index contributed by atoms with van der Waals surface area (Å²) in [5.41, 5.74) is 0.492. The maximum atomic E-state index is 12.9. The van der Waals surface area contributed by atoms with E-state index in [1.165, 1.54) is 30.6 Å². The van der Waals surface area contributed by atoms with Crippen molar-refractivity contribution in [3.63, 3.8) is 0 Å². The third-order valence-electron chi connectivity index (χ3n) is 7.49. The summed E-state index contributed by atoms with van der Waals surface area (Å²) in [6.07, 6.45) is 7.34. The second-order valence-electron chi connectivity index (χ2n) is 9.96. The minimum Gasteiger partial charge on any atom is -0.484 e. The van der Waals surface area contributed by atoms with Gasteiger partial charge in [-0.3, -0.25) is 9.10 Å². The molecular formula is C25H29BrN2O4S. The molecule has 0 radical (unpaired) electrons. The van der Waals surface area contributed by atoms with E-state index in [1.54, 1.807) is 48.5 Å². The van der Waals surface area contributed by atoms with Gasteiger partial charge in [-0.15, -0.1) is 0 Å². The summed E-state index contributed by atoms with van der Waals surface area (Å²) < 4.78 is 33.5. The van der Waals surface area contributed by atoms with Gasteiger partial charge in [0.25, 0.3) is 15.9 Å². The van der Waals surface area contributed by atoms with Gasteiger partial charge in [0.05, 0.1) is 10.6 Å². The molecule has 4 bridgehead atoms. The fourth-order valence-electron chi connectivity index (χ4n) is 6.40. The first kappa shape index (κ1) is 22.7. The molecule has 176 valence electrons. The van der Waals surface area contributed by atoms with Gasteiger partial charge in [-0.05, 0) is 105 Å². The van der Waals surface area contributed by atoms with Crippen LogP contribution in [0.4, 0.5) is 5.69 Å². The molecule has 1 N–H and O–H groups in total. The van der Waals surface area contributed by atoms with E-state index >= 15 is 0 Å². The van der Waals surface area contributed by atoms with Crippen LogP contribution in [0.1, 0.15) is 38.5 Å². The molecule has 4 aliphatic carbocycles. The standard InChI is InChI=1S/C25H29BrN2O4S/c1-28(33(30,31)23-8-2-20(26)3-9-23)21-4-6-22(7-5-21)32-16-24(29)27-25-13-17-10-18(14-25)12-19(11-17)15-25/h2-9,17-19H,10-16H2,1H3,(H,27,29). The van der Waals surface area contributed by atoms with Gasteiger partial charge in [0.1, 0.15) is 5.75 Å². The van der Waals surface area contributed by atoms with E-state index in [1.807, 2.05) is 0 Å². The molecule has 0 saturated heterocycles. The second-order valence-corrected chi connectivity index (χ2v) is 12.8. The predicted octanol–water partition coefficient (Wildman–Crippen LogP) is 4.74. The predicted molar refractivity (Wildman–Crippen MR) is 131 cm³/mol. The van der Waals surface area contributed by atoms with Crippen molar-refractivity contribution in [1.82, 2.24) is 5.32 Å². The summed E-state index contributed by atoms with van der Waals surface area (Å²) in [6.45, 7) is -0.0336. The number of nitrogens with zero attached hydrogens (tertiary/aromatic N) is 1. The van der Waals surface area contributed by atoms with Crippen molar-refractivity contribution in [2.75, 3.05) is 18.0 Å². The summed E-state index contributed by atoms with van der Waals surface area (Å²) in [6, 6.07) is 13.3.